The van der Waals surface area contributed by atoms with E-state index in [1.807, 2.05) is 49.0 Å². The van der Waals surface area contributed by atoms with Gasteiger partial charge < -0.3 is 0 Å². The van der Waals surface area contributed by atoms with Gasteiger partial charge in [-0.05, 0) is 37.6 Å². The van der Waals surface area contributed by atoms with E-state index in [2.05, 4.69) is 20.2 Å². The summed E-state index contributed by atoms with van der Waals surface area (Å²) in [6.07, 6.45) is 1.95. The monoisotopic (exact) mass is 312 g/mol. The molecule has 1 aromatic carbocycles. The largest absolute Gasteiger partial charge is 0.272 e. The fourth-order valence-corrected chi connectivity index (χ4v) is 2.74. The second kappa shape index (κ2) is 4.78. The zero-order chi connectivity index (χ0) is 15.3. The minimum atomic E-state index is 0.299. The molecule has 4 rings (SSSR count). The van der Waals surface area contributed by atoms with Crippen molar-refractivity contribution in [1.29, 1.82) is 0 Å². The second-order valence-corrected chi connectivity index (χ2v) is 5.39. The van der Waals surface area contributed by atoms with Crippen LogP contribution in [0.3, 0.4) is 0 Å². The highest BCUT2D eigenvalue weighted by atomic mass is 35.5. The Kier molecular flexibility index (Phi) is 2.87. The third kappa shape index (κ3) is 1.88. The van der Waals surface area contributed by atoms with Crippen LogP contribution in [0.15, 0.2) is 30.5 Å². The molecule has 0 amide bonds. The molecule has 0 N–H and O–H groups in total. The first-order chi connectivity index (χ1) is 10.7. The highest BCUT2D eigenvalue weighted by molar-refractivity contribution is 6.29. The molecule has 0 aliphatic rings. The quantitative estimate of drug-likeness (QED) is 0.534. The second-order valence-electron chi connectivity index (χ2n) is 5.05. The summed E-state index contributed by atoms with van der Waals surface area (Å²) in [5.41, 5.74) is 3.31. The molecule has 0 spiro atoms. The standard InChI is InChI=1S/C15H13ClN6/c1-3-21-8-11(9(2)19-21)13-18-14-10-6-4-5-7-12(10)17-15(16)22(14)20-13/h4-8H,3H2,1-2H3. The molecule has 22 heavy (non-hydrogen) atoms. The van der Waals surface area contributed by atoms with Crippen molar-refractivity contribution in [3.8, 4) is 11.4 Å². The highest BCUT2D eigenvalue weighted by Crippen LogP contribution is 2.25. The Bertz CT molecular complexity index is 1000. The number of rotatable bonds is 2. The fraction of sp³-hybridized carbons (Fsp3) is 0.200. The van der Waals surface area contributed by atoms with Crippen LogP contribution in [0.4, 0.5) is 0 Å². The predicted molar refractivity (Wildman–Crippen MR) is 84.9 cm³/mol. The summed E-state index contributed by atoms with van der Waals surface area (Å²) in [5.74, 6) is 0.609. The Balaban J connectivity index is 2.02. The van der Waals surface area contributed by atoms with Gasteiger partial charge in [0.2, 0.25) is 5.28 Å². The molecule has 0 bridgehead atoms. The molecular formula is C15H13ClN6. The van der Waals surface area contributed by atoms with Crippen LogP contribution >= 0.6 is 11.6 Å². The summed E-state index contributed by atoms with van der Waals surface area (Å²) in [7, 11) is 0. The van der Waals surface area contributed by atoms with Crippen molar-refractivity contribution in [2.45, 2.75) is 20.4 Å². The topological polar surface area (TPSA) is 60.9 Å². The summed E-state index contributed by atoms with van der Waals surface area (Å²) >= 11 is 6.24. The van der Waals surface area contributed by atoms with Crippen molar-refractivity contribution in [2.24, 2.45) is 0 Å². The zero-order valence-corrected chi connectivity index (χ0v) is 12.9. The molecule has 110 valence electrons. The van der Waals surface area contributed by atoms with Crippen LogP contribution in [0.5, 0.6) is 0 Å². The van der Waals surface area contributed by atoms with Gasteiger partial charge in [-0.25, -0.2) is 9.97 Å². The van der Waals surface area contributed by atoms with Crippen molar-refractivity contribution >= 4 is 28.2 Å². The van der Waals surface area contributed by atoms with Crippen molar-refractivity contribution in [3.63, 3.8) is 0 Å². The number of hydrogen-bond donors (Lipinski definition) is 0. The van der Waals surface area contributed by atoms with Crippen LogP contribution in [0.1, 0.15) is 12.6 Å². The van der Waals surface area contributed by atoms with E-state index in [4.69, 9.17) is 11.6 Å². The molecule has 0 saturated carbocycles. The van der Waals surface area contributed by atoms with Crippen LogP contribution < -0.4 is 0 Å². The lowest BCUT2D eigenvalue weighted by molar-refractivity contribution is 0.653. The Labute approximate surface area is 131 Å². The minimum absolute atomic E-state index is 0.299. The van der Waals surface area contributed by atoms with Crippen molar-refractivity contribution in [1.82, 2.24) is 29.4 Å². The average molecular weight is 313 g/mol. The van der Waals surface area contributed by atoms with Gasteiger partial charge in [0.25, 0.3) is 0 Å². The molecule has 0 unspecified atom stereocenters. The molecule has 0 radical (unpaired) electrons. The molecule has 0 aliphatic heterocycles. The van der Waals surface area contributed by atoms with E-state index in [-0.39, 0.29) is 0 Å². The van der Waals surface area contributed by atoms with Crippen molar-refractivity contribution in [3.05, 3.63) is 41.4 Å². The van der Waals surface area contributed by atoms with Gasteiger partial charge in [-0.15, -0.1) is 5.10 Å². The number of aromatic nitrogens is 6. The van der Waals surface area contributed by atoms with Crippen molar-refractivity contribution in [2.75, 3.05) is 0 Å². The third-order valence-corrected chi connectivity index (χ3v) is 3.90. The van der Waals surface area contributed by atoms with Gasteiger partial charge in [-0.1, -0.05) is 12.1 Å². The summed E-state index contributed by atoms with van der Waals surface area (Å²) in [6, 6.07) is 7.76. The van der Waals surface area contributed by atoms with E-state index in [1.54, 1.807) is 4.52 Å². The van der Waals surface area contributed by atoms with E-state index < -0.39 is 0 Å². The van der Waals surface area contributed by atoms with E-state index in [0.29, 0.717) is 16.8 Å². The molecule has 6 nitrogen and oxygen atoms in total. The maximum Gasteiger partial charge on any atom is 0.226 e. The smallest absolute Gasteiger partial charge is 0.226 e. The summed E-state index contributed by atoms with van der Waals surface area (Å²) in [4.78, 5) is 9.01. The molecule has 3 heterocycles. The molecule has 0 saturated heterocycles. The van der Waals surface area contributed by atoms with Crippen molar-refractivity contribution < 1.29 is 0 Å². The Morgan fingerprint density at radius 1 is 1.14 bits per heavy atom. The van der Waals surface area contributed by atoms with E-state index in [0.717, 1.165) is 28.7 Å². The normalized spacial score (nSPS) is 11.6. The third-order valence-electron chi connectivity index (χ3n) is 3.65. The molecule has 3 aromatic heterocycles. The van der Waals surface area contributed by atoms with Crippen LogP contribution in [-0.4, -0.2) is 29.4 Å². The fourth-order valence-electron chi connectivity index (χ4n) is 2.54. The minimum Gasteiger partial charge on any atom is -0.272 e. The maximum absolute atomic E-state index is 6.24. The summed E-state index contributed by atoms with van der Waals surface area (Å²) < 4.78 is 3.44. The molecule has 7 heteroatoms. The Morgan fingerprint density at radius 3 is 2.73 bits per heavy atom. The number of halogens is 1. The number of aryl methyl sites for hydroxylation is 2. The Morgan fingerprint density at radius 2 is 1.95 bits per heavy atom. The zero-order valence-electron chi connectivity index (χ0n) is 12.2. The first kappa shape index (κ1) is 13.2. The predicted octanol–water partition coefficient (Wildman–Crippen LogP) is 3.12. The van der Waals surface area contributed by atoms with Crippen LogP contribution in [0.25, 0.3) is 27.9 Å². The van der Waals surface area contributed by atoms with Crippen LogP contribution in [0.2, 0.25) is 5.28 Å². The van der Waals surface area contributed by atoms with Gasteiger partial charge in [0.1, 0.15) is 0 Å². The highest BCUT2D eigenvalue weighted by Gasteiger charge is 2.16. The van der Waals surface area contributed by atoms with Gasteiger partial charge in [-0.3, -0.25) is 4.68 Å². The SMILES string of the molecule is CCn1cc(-c2nc3c4ccccc4nc(Cl)n3n2)c(C)n1. The maximum atomic E-state index is 6.24. The lowest BCUT2D eigenvalue weighted by Gasteiger charge is -1.99. The lowest BCUT2D eigenvalue weighted by Crippen LogP contribution is -1.94. The van der Waals surface area contributed by atoms with E-state index in [9.17, 15) is 0 Å². The van der Waals surface area contributed by atoms with Gasteiger partial charge in [0, 0.05) is 18.1 Å². The van der Waals surface area contributed by atoms with Gasteiger partial charge >= 0.3 is 0 Å². The summed E-state index contributed by atoms with van der Waals surface area (Å²) in [5, 5.41) is 10.2. The molecule has 0 fully saturated rings. The molecule has 0 aliphatic carbocycles. The first-order valence-electron chi connectivity index (χ1n) is 7.03. The van der Waals surface area contributed by atoms with Crippen LogP contribution in [-0.2, 0) is 6.54 Å². The van der Waals surface area contributed by atoms with Crippen LogP contribution in [0, 0.1) is 6.92 Å². The first-order valence-corrected chi connectivity index (χ1v) is 7.40. The molecular weight excluding hydrogens is 300 g/mol. The Hall–Kier alpha value is -2.47. The lowest BCUT2D eigenvalue weighted by atomic mass is 10.2. The number of fused-ring (bicyclic) bond motifs is 3. The number of hydrogen-bond acceptors (Lipinski definition) is 4. The van der Waals surface area contributed by atoms with Gasteiger partial charge in [0.05, 0.1) is 16.8 Å². The number of para-hydroxylation sites is 1. The number of nitrogens with zero attached hydrogens (tertiary/aromatic N) is 6. The summed E-state index contributed by atoms with van der Waals surface area (Å²) in [6.45, 7) is 4.80. The number of benzene rings is 1. The molecule has 4 aromatic rings. The average Bonchev–Trinajstić information content (AvgIpc) is 3.11. The van der Waals surface area contributed by atoms with E-state index in [1.165, 1.54) is 0 Å². The van der Waals surface area contributed by atoms with E-state index >= 15 is 0 Å². The van der Waals surface area contributed by atoms with Gasteiger partial charge in [-0.2, -0.15) is 9.61 Å². The molecule has 0 atom stereocenters. The van der Waals surface area contributed by atoms with Gasteiger partial charge in [0.15, 0.2) is 11.5 Å².